The number of carbonyl (C=O) groups is 2. The first-order valence-corrected chi connectivity index (χ1v) is 14.1. The number of hydrogen-bond acceptors (Lipinski definition) is 4. The van der Waals surface area contributed by atoms with E-state index in [2.05, 4.69) is 33.8 Å². The van der Waals surface area contributed by atoms with E-state index in [0.717, 1.165) is 48.9 Å². The molecule has 1 amide bonds. The first kappa shape index (κ1) is 24.2. The molecule has 0 aromatic carbocycles. The molecule has 4 aliphatic carbocycles. The first-order chi connectivity index (χ1) is 15.1. The fourth-order valence-electron chi connectivity index (χ4n) is 8.41. The van der Waals surface area contributed by atoms with Crippen molar-refractivity contribution in [2.45, 2.75) is 91.6 Å². The summed E-state index contributed by atoms with van der Waals surface area (Å²) >= 11 is 1.44. The molecule has 0 bridgehead atoms. The Morgan fingerprint density at radius 3 is 2.66 bits per heavy atom. The third-order valence-electron chi connectivity index (χ3n) is 9.95. The first-order valence-electron chi connectivity index (χ1n) is 12.9. The van der Waals surface area contributed by atoms with E-state index in [1.165, 1.54) is 43.9 Å². The van der Waals surface area contributed by atoms with Crippen LogP contribution in [0.15, 0.2) is 11.6 Å². The van der Waals surface area contributed by atoms with Gasteiger partial charge in [0.05, 0.1) is 5.75 Å². The van der Waals surface area contributed by atoms with Gasteiger partial charge in [-0.1, -0.05) is 39.3 Å². The average Bonchev–Trinajstić information content (AvgIpc) is 3.09. The molecular weight excluding hydrogens is 418 g/mol. The van der Waals surface area contributed by atoms with E-state index in [-0.39, 0.29) is 18.0 Å². The second kappa shape index (κ2) is 9.35. The van der Waals surface area contributed by atoms with E-state index in [4.69, 9.17) is 10.5 Å². The Bertz CT molecular complexity index is 764. The predicted octanol–water partition coefficient (Wildman–Crippen LogP) is 5.74. The highest BCUT2D eigenvalue weighted by Crippen LogP contribution is 2.67. The van der Waals surface area contributed by atoms with Crippen LogP contribution in [0.25, 0.3) is 0 Å². The number of esters is 1. The molecule has 3 fully saturated rings. The van der Waals surface area contributed by atoms with E-state index < -0.39 is 0 Å². The van der Waals surface area contributed by atoms with E-state index in [0.29, 0.717) is 28.8 Å². The van der Waals surface area contributed by atoms with Crippen molar-refractivity contribution in [3.8, 4) is 0 Å². The van der Waals surface area contributed by atoms with Crippen molar-refractivity contribution >= 4 is 23.6 Å². The molecule has 3 saturated carbocycles. The average molecular weight is 462 g/mol. The van der Waals surface area contributed by atoms with Crippen LogP contribution in [-0.4, -0.2) is 29.5 Å². The monoisotopic (exact) mass is 461 g/mol. The second-order valence-electron chi connectivity index (χ2n) is 11.9. The fourth-order valence-corrected chi connectivity index (χ4v) is 9.14. The Hall–Kier alpha value is -0.970. The smallest absolute Gasteiger partial charge is 0.316 e. The Kier molecular flexibility index (Phi) is 7.06. The van der Waals surface area contributed by atoms with Crippen molar-refractivity contribution in [3.63, 3.8) is 0 Å². The van der Waals surface area contributed by atoms with Crippen LogP contribution in [0.4, 0.5) is 0 Å². The standard InChI is InChI=1S/C27H43NO3S/c1-17(2)21-7-8-22-20-6-5-18-15-19(31-25(30)16-32-14-11-24(28)29)9-12-26(18,3)23(20)10-13-27(21,22)4/h5,17,19-23H,6-16H2,1-4H3,(H2,28,29)/t19?,20-,21+,22?,23?,26-,27+/m0/s1. The summed E-state index contributed by atoms with van der Waals surface area (Å²) < 4.78 is 5.84. The van der Waals surface area contributed by atoms with Gasteiger partial charge in [0.25, 0.3) is 0 Å². The molecule has 180 valence electrons. The maximum absolute atomic E-state index is 12.3. The minimum atomic E-state index is -0.319. The molecule has 0 radical (unpaired) electrons. The number of ether oxygens (including phenoxy) is 1. The van der Waals surface area contributed by atoms with Crippen LogP contribution in [0.2, 0.25) is 0 Å². The SMILES string of the molecule is CC(C)[C@H]1CCC2[C@@H]3CC=C4CC(OC(=O)CSCCC(N)=O)CC[C@]4(C)C3CC[C@@]21C. The second-order valence-corrected chi connectivity index (χ2v) is 13.0. The molecular formula is C27H43NO3S. The molecule has 2 N–H and O–H groups in total. The Balaban J connectivity index is 1.38. The molecule has 0 aromatic rings. The van der Waals surface area contributed by atoms with Gasteiger partial charge in [-0.25, -0.2) is 0 Å². The number of thioether (sulfide) groups is 1. The van der Waals surface area contributed by atoms with Gasteiger partial charge in [0.1, 0.15) is 6.10 Å². The maximum Gasteiger partial charge on any atom is 0.316 e. The summed E-state index contributed by atoms with van der Waals surface area (Å²) in [6.45, 7) is 10.0. The molecule has 5 heteroatoms. The van der Waals surface area contributed by atoms with E-state index >= 15 is 0 Å². The van der Waals surface area contributed by atoms with Gasteiger partial charge in [-0.15, -0.1) is 11.8 Å². The number of primary amides is 1. The molecule has 0 aliphatic heterocycles. The number of fused-ring (bicyclic) bond motifs is 5. The van der Waals surface area contributed by atoms with Crippen LogP contribution < -0.4 is 5.73 Å². The molecule has 4 aliphatic rings. The normalized spacial score (nSPS) is 40.8. The lowest BCUT2D eigenvalue weighted by atomic mass is 9.47. The molecule has 0 saturated heterocycles. The lowest BCUT2D eigenvalue weighted by Gasteiger charge is -2.58. The van der Waals surface area contributed by atoms with Crippen molar-refractivity contribution in [1.29, 1.82) is 0 Å². The van der Waals surface area contributed by atoms with Crippen LogP contribution in [0.3, 0.4) is 0 Å². The minimum absolute atomic E-state index is 0.0146. The molecule has 0 aromatic heterocycles. The van der Waals surface area contributed by atoms with Crippen molar-refractivity contribution in [3.05, 3.63) is 11.6 Å². The van der Waals surface area contributed by atoms with E-state index in [1.807, 2.05) is 0 Å². The van der Waals surface area contributed by atoms with Gasteiger partial charge in [0, 0.05) is 18.6 Å². The Morgan fingerprint density at radius 2 is 1.94 bits per heavy atom. The van der Waals surface area contributed by atoms with Crippen LogP contribution in [-0.2, 0) is 14.3 Å². The summed E-state index contributed by atoms with van der Waals surface area (Å²) in [6.07, 6.45) is 12.7. The van der Waals surface area contributed by atoms with Gasteiger partial charge in [-0.3, -0.25) is 9.59 Å². The Labute approximate surface area is 198 Å². The molecule has 4 rings (SSSR count). The van der Waals surface area contributed by atoms with Gasteiger partial charge >= 0.3 is 5.97 Å². The summed E-state index contributed by atoms with van der Waals surface area (Å²) in [4.78, 5) is 23.1. The van der Waals surface area contributed by atoms with Crippen molar-refractivity contribution < 1.29 is 14.3 Å². The number of nitrogens with two attached hydrogens (primary N) is 1. The van der Waals surface area contributed by atoms with Gasteiger partial charge in [-0.2, -0.15) is 0 Å². The van der Waals surface area contributed by atoms with Crippen molar-refractivity contribution in [2.75, 3.05) is 11.5 Å². The number of amides is 1. The molecule has 0 heterocycles. The van der Waals surface area contributed by atoms with Gasteiger partial charge in [0.2, 0.25) is 5.91 Å². The molecule has 32 heavy (non-hydrogen) atoms. The lowest BCUT2D eigenvalue weighted by Crippen LogP contribution is -2.51. The summed E-state index contributed by atoms with van der Waals surface area (Å²) in [7, 11) is 0. The predicted molar refractivity (Wildman–Crippen MR) is 131 cm³/mol. The number of allylic oxidation sites excluding steroid dienone is 1. The van der Waals surface area contributed by atoms with Crippen LogP contribution in [0.5, 0.6) is 0 Å². The molecule has 3 unspecified atom stereocenters. The maximum atomic E-state index is 12.3. The number of hydrogen-bond donors (Lipinski definition) is 1. The summed E-state index contributed by atoms with van der Waals surface area (Å²) in [6, 6.07) is 0. The van der Waals surface area contributed by atoms with Gasteiger partial charge in [0.15, 0.2) is 0 Å². The van der Waals surface area contributed by atoms with Gasteiger partial charge < -0.3 is 10.5 Å². The summed E-state index contributed by atoms with van der Waals surface area (Å²) in [5.41, 5.74) is 7.55. The van der Waals surface area contributed by atoms with Crippen LogP contribution in [0, 0.1) is 40.4 Å². The lowest BCUT2D eigenvalue weighted by molar-refractivity contribution is -0.148. The number of rotatable bonds is 7. The molecule has 4 nitrogen and oxygen atoms in total. The van der Waals surface area contributed by atoms with Crippen molar-refractivity contribution in [2.24, 2.45) is 46.2 Å². The molecule has 7 atom stereocenters. The largest absolute Gasteiger partial charge is 0.461 e. The third kappa shape index (κ3) is 4.40. The minimum Gasteiger partial charge on any atom is -0.461 e. The zero-order valence-electron chi connectivity index (χ0n) is 20.5. The highest BCUT2D eigenvalue weighted by Gasteiger charge is 2.58. The number of carbonyl (C=O) groups excluding carboxylic acids is 2. The zero-order valence-corrected chi connectivity index (χ0v) is 21.3. The third-order valence-corrected chi connectivity index (χ3v) is 10.9. The van der Waals surface area contributed by atoms with Crippen molar-refractivity contribution in [1.82, 2.24) is 0 Å². The van der Waals surface area contributed by atoms with Gasteiger partial charge in [-0.05, 0) is 85.4 Å². The highest BCUT2D eigenvalue weighted by molar-refractivity contribution is 7.99. The highest BCUT2D eigenvalue weighted by atomic mass is 32.2. The zero-order chi connectivity index (χ0) is 23.1. The van der Waals surface area contributed by atoms with E-state index in [9.17, 15) is 9.59 Å². The Morgan fingerprint density at radius 1 is 1.16 bits per heavy atom. The summed E-state index contributed by atoms with van der Waals surface area (Å²) in [5.74, 6) is 4.63. The molecule has 0 spiro atoms. The fraction of sp³-hybridized carbons (Fsp3) is 0.852. The topological polar surface area (TPSA) is 69.4 Å². The van der Waals surface area contributed by atoms with Crippen LogP contribution >= 0.6 is 11.8 Å². The quantitative estimate of drug-likeness (QED) is 0.298. The van der Waals surface area contributed by atoms with Crippen LogP contribution in [0.1, 0.15) is 85.5 Å². The van der Waals surface area contributed by atoms with E-state index in [1.54, 1.807) is 5.57 Å². The summed E-state index contributed by atoms with van der Waals surface area (Å²) in [5, 5.41) is 0.